The van der Waals surface area contributed by atoms with E-state index in [2.05, 4.69) is 67.7 Å². The molecule has 1 saturated heterocycles. The van der Waals surface area contributed by atoms with E-state index in [0.717, 1.165) is 40.9 Å². The van der Waals surface area contributed by atoms with Crippen molar-refractivity contribution in [1.82, 2.24) is 15.1 Å². The van der Waals surface area contributed by atoms with E-state index in [4.69, 9.17) is 4.74 Å². The van der Waals surface area contributed by atoms with Crippen LogP contribution in [-0.4, -0.2) is 67.0 Å². The summed E-state index contributed by atoms with van der Waals surface area (Å²) in [5.74, 6) is 1.02. The van der Waals surface area contributed by atoms with E-state index in [-0.39, 0.29) is 23.9 Å². The van der Waals surface area contributed by atoms with Crippen LogP contribution >= 0.6 is 0 Å². The first-order chi connectivity index (χ1) is 19.8. The molecule has 3 aromatic carbocycles. The summed E-state index contributed by atoms with van der Waals surface area (Å²) in [7, 11) is 1.88. The molecule has 2 aliphatic rings. The van der Waals surface area contributed by atoms with Crippen LogP contribution in [0.15, 0.2) is 78.4 Å². The number of piperazine rings is 1. The van der Waals surface area contributed by atoms with Crippen molar-refractivity contribution in [3.8, 4) is 5.75 Å². The lowest BCUT2D eigenvalue weighted by Crippen LogP contribution is -2.61. The Morgan fingerprint density at radius 3 is 2.39 bits per heavy atom. The van der Waals surface area contributed by atoms with Crippen LogP contribution in [0.2, 0.25) is 0 Å². The lowest BCUT2D eigenvalue weighted by Gasteiger charge is -2.44. The van der Waals surface area contributed by atoms with Gasteiger partial charge in [0.05, 0.1) is 12.6 Å². The Balaban J connectivity index is 1.34. The fourth-order valence-electron chi connectivity index (χ4n) is 5.99. The molecular weight excluding hydrogens is 510 g/mol. The number of nitrogens with zero attached hydrogens (tertiary/aromatic N) is 2. The lowest BCUT2D eigenvalue weighted by atomic mass is 9.82. The van der Waals surface area contributed by atoms with Gasteiger partial charge in [0, 0.05) is 51.6 Å². The normalized spacial score (nSPS) is 18.3. The zero-order valence-corrected chi connectivity index (χ0v) is 24.7. The number of hydrogen-bond donors (Lipinski definition) is 1. The fraction of sp³-hybridized carbons (Fsp3) is 0.371. The second-order valence-corrected chi connectivity index (χ2v) is 11.5. The van der Waals surface area contributed by atoms with E-state index in [9.17, 15) is 9.59 Å². The number of carbonyl (C=O) groups excluding carboxylic acids is 2. The van der Waals surface area contributed by atoms with Crippen LogP contribution in [0.5, 0.6) is 5.75 Å². The third-order valence-corrected chi connectivity index (χ3v) is 8.29. The minimum absolute atomic E-state index is 0.0308. The Bertz CT molecular complexity index is 1410. The van der Waals surface area contributed by atoms with Gasteiger partial charge in [-0.05, 0) is 60.6 Å². The van der Waals surface area contributed by atoms with Crippen LogP contribution in [0.1, 0.15) is 41.2 Å². The van der Waals surface area contributed by atoms with Gasteiger partial charge in [-0.1, -0.05) is 72.3 Å². The Hall–Kier alpha value is -3.90. The van der Waals surface area contributed by atoms with Gasteiger partial charge in [-0.3, -0.25) is 9.59 Å². The van der Waals surface area contributed by atoms with Gasteiger partial charge in [-0.2, -0.15) is 0 Å². The molecule has 2 heterocycles. The summed E-state index contributed by atoms with van der Waals surface area (Å²) < 4.78 is 6.05. The second kappa shape index (κ2) is 12.7. The predicted octanol–water partition coefficient (Wildman–Crippen LogP) is 4.97. The number of ether oxygens (including phenoxy) is 1. The van der Waals surface area contributed by atoms with Crippen molar-refractivity contribution in [1.29, 1.82) is 0 Å². The Kier molecular flexibility index (Phi) is 8.89. The maximum atomic E-state index is 14.0. The average Bonchev–Trinajstić information content (AvgIpc) is 2.97. The predicted molar refractivity (Wildman–Crippen MR) is 164 cm³/mol. The number of hydrogen-bond acceptors (Lipinski definition) is 4. The van der Waals surface area contributed by atoms with Gasteiger partial charge in [0.1, 0.15) is 5.75 Å². The van der Waals surface area contributed by atoms with Crippen LogP contribution in [0, 0.1) is 13.8 Å². The summed E-state index contributed by atoms with van der Waals surface area (Å²) in [5, 5.41) is 3.64. The van der Waals surface area contributed by atoms with Crippen molar-refractivity contribution < 1.29 is 14.3 Å². The van der Waals surface area contributed by atoms with E-state index in [1.807, 2.05) is 41.1 Å². The second-order valence-electron chi connectivity index (χ2n) is 11.5. The molecule has 5 rings (SSSR count). The van der Waals surface area contributed by atoms with Crippen LogP contribution in [0.3, 0.4) is 0 Å². The van der Waals surface area contributed by atoms with Crippen molar-refractivity contribution in [3.05, 3.63) is 106 Å². The summed E-state index contributed by atoms with van der Waals surface area (Å²) in [6, 6.07) is 25.0. The highest BCUT2D eigenvalue weighted by molar-refractivity contribution is 6.03. The molecule has 6 nitrogen and oxygen atoms in total. The van der Waals surface area contributed by atoms with Gasteiger partial charge in [0.25, 0.3) is 5.91 Å². The molecule has 2 amide bonds. The van der Waals surface area contributed by atoms with Crippen LogP contribution in [0.25, 0.3) is 5.57 Å². The highest BCUT2D eigenvalue weighted by Crippen LogP contribution is 2.34. The van der Waals surface area contributed by atoms with Gasteiger partial charge < -0.3 is 19.9 Å². The molecule has 41 heavy (non-hydrogen) atoms. The molecule has 0 unspecified atom stereocenters. The number of benzene rings is 3. The summed E-state index contributed by atoms with van der Waals surface area (Å²) in [6.45, 7) is 8.19. The summed E-state index contributed by atoms with van der Waals surface area (Å²) in [6.07, 6.45) is 2.31. The molecule has 3 aromatic rings. The molecule has 0 saturated carbocycles. The quantitative estimate of drug-likeness (QED) is 0.408. The Labute approximate surface area is 244 Å². The Morgan fingerprint density at radius 1 is 0.951 bits per heavy atom. The minimum atomic E-state index is -0.182. The zero-order chi connectivity index (χ0) is 28.9. The Morgan fingerprint density at radius 2 is 1.68 bits per heavy atom. The molecular formula is C35H41N3O3. The number of carbonyl (C=O) groups is 2. The number of fused-ring (bicyclic) bond motifs is 2. The van der Waals surface area contributed by atoms with Crippen molar-refractivity contribution in [2.45, 2.75) is 52.1 Å². The third kappa shape index (κ3) is 6.88. The number of rotatable bonds is 9. The lowest BCUT2D eigenvalue weighted by molar-refractivity contribution is -0.132. The summed E-state index contributed by atoms with van der Waals surface area (Å²) in [5.41, 5.74) is 7.75. The molecule has 0 aliphatic carbocycles. The molecule has 1 fully saturated rings. The van der Waals surface area contributed by atoms with Crippen molar-refractivity contribution in [2.75, 3.05) is 33.3 Å². The molecule has 2 bridgehead atoms. The van der Waals surface area contributed by atoms with Crippen LogP contribution in [0.4, 0.5) is 0 Å². The van der Waals surface area contributed by atoms with Gasteiger partial charge in [-0.25, -0.2) is 0 Å². The third-order valence-electron chi connectivity index (χ3n) is 8.29. The van der Waals surface area contributed by atoms with E-state index >= 15 is 0 Å². The molecule has 0 spiro atoms. The molecule has 2 atom stereocenters. The molecule has 0 aromatic heterocycles. The standard InChI is InChI=1S/C35H41N3O3/c1-24-10-15-33(25(2)20-24)41-19-17-28-11-13-29(14-12-28)31-21-30-22-38(26(3)39)23-32(36-30)34(31)35(40)37(4)18-16-27-8-6-5-7-9-27/h5-15,20,30,32,36H,16-19,21-23H2,1-4H3/t30-,32-/m1/s1. The van der Waals surface area contributed by atoms with Crippen molar-refractivity contribution in [3.63, 3.8) is 0 Å². The molecule has 214 valence electrons. The van der Waals surface area contributed by atoms with Gasteiger partial charge in [0.2, 0.25) is 5.91 Å². The molecule has 0 radical (unpaired) electrons. The summed E-state index contributed by atoms with van der Waals surface area (Å²) in [4.78, 5) is 30.0. The number of amides is 2. The molecule has 1 N–H and O–H groups in total. The van der Waals surface area contributed by atoms with Gasteiger partial charge in [0.15, 0.2) is 0 Å². The fourth-order valence-corrected chi connectivity index (χ4v) is 5.99. The average molecular weight is 552 g/mol. The van der Waals surface area contributed by atoms with E-state index in [1.54, 1.807) is 6.92 Å². The zero-order valence-electron chi connectivity index (χ0n) is 24.7. The summed E-state index contributed by atoms with van der Waals surface area (Å²) >= 11 is 0. The maximum Gasteiger partial charge on any atom is 0.251 e. The van der Waals surface area contributed by atoms with Gasteiger partial charge >= 0.3 is 0 Å². The smallest absolute Gasteiger partial charge is 0.251 e. The van der Waals surface area contributed by atoms with Crippen LogP contribution < -0.4 is 10.1 Å². The first-order valence-corrected chi connectivity index (χ1v) is 14.6. The molecule has 2 aliphatic heterocycles. The number of nitrogens with one attached hydrogen (secondary N) is 1. The van der Waals surface area contributed by atoms with E-state index in [0.29, 0.717) is 32.7 Å². The minimum Gasteiger partial charge on any atom is -0.493 e. The van der Waals surface area contributed by atoms with E-state index in [1.165, 1.54) is 16.7 Å². The maximum absolute atomic E-state index is 14.0. The first-order valence-electron chi connectivity index (χ1n) is 14.6. The highest BCUT2D eigenvalue weighted by Gasteiger charge is 2.39. The van der Waals surface area contributed by atoms with Gasteiger partial charge in [-0.15, -0.1) is 0 Å². The largest absolute Gasteiger partial charge is 0.493 e. The topological polar surface area (TPSA) is 61.9 Å². The van der Waals surface area contributed by atoms with Crippen molar-refractivity contribution >= 4 is 17.4 Å². The first kappa shape index (κ1) is 28.6. The van der Waals surface area contributed by atoms with Crippen molar-refractivity contribution in [2.24, 2.45) is 0 Å². The number of aryl methyl sites for hydroxylation is 2. The van der Waals surface area contributed by atoms with E-state index < -0.39 is 0 Å². The monoisotopic (exact) mass is 551 g/mol. The highest BCUT2D eigenvalue weighted by atomic mass is 16.5. The van der Waals surface area contributed by atoms with Crippen LogP contribution in [-0.2, 0) is 22.4 Å². The number of likely N-dealkylation sites (N-methyl/N-ethyl adjacent to an activating group) is 1. The molecule has 6 heteroatoms. The SMILES string of the molecule is CC(=O)N1C[C@H]2CC(c3ccc(CCOc4ccc(C)cc4C)cc3)=C(C(=O)N(C)CCc3ccccc3)[C@@H](C1)N2.